The number of benzene rings is 1. The molecule has 0 aliphatic carbocycles. The van der Waals surface area contributed by atoms with Crippen LogP contribution in [0.25, 0.3) is 0 Å². The SMILES string of the molecule is CC(C)[Si](Oc1ccc(OC(=O)C(C)(C)C)cc1)(C(C)C)C(C)C.[Zn]. The van der Waals surface area contributed by atoms with Crippen molar-refractivity contribution in [3.8, 4) is 11.5 Å². The predicted molar refractivity (Wildman–Crippen MR) is 103 cm³/mol. The summed E-state index contributed by atoms with van der Waals surface area (Å²) in [4.78, 5) is 12.0. The molecule has 1 aromatic carbocycles. The van der Waals surface area contributed by atoms with Gasteiger partial charge in [0.05, 0.1) is 5.41 Å². The largest absolute Gasteiger partial charge is 0.543 e. The summed E-state index contributed by atoms with van der Waals surface area (Å²) in [5.41, 5.74) is 1.06. The molecule has 3 nitrogen and oxygen atoms in total. The third kappa shape index (κ3) is 5.92. The summed E-state index contributed by atoms with van der Waals surface area (Å²) in [6, 6.07) is 7.47. The Labute approximate surface area is 167 Å². The first-order valence-electron chi connectivity index (χ1n) is 8.92. The standard InChI is InChI=1S/C20H34O3Si.Zn/c1-14(2)24(15(3)4,16(5)6)23-18-12-10-17(11-13-18)22-19(21)20(7,8)9;/h10-16H,1-9H3;. The van der Waals surface area contributed by atoms with Gasteiger partial charge in [-0.25, -0.2) is 0 Å². The van der Waals surface area contributed by atoms with Gasteiger partial charge in [0.1, 0.15) is 11.5 Å². The Morgan fingerprint density at radius 2 is 1.20 bits per heavy atom. The summed E-state index contributed by atoms with van der Waals surface area (Å²) in [5.74, 6) is 1.20. The second kappa shape index (κ2) is 9.32. The minimum absolute atomic E-state index is 0. The first kappa shape index (κ1) is 24.3. The fourth-order valence-corrected chi connectivity index (χ4v) is 8.64. The molecule has 0 bridgehead atoms. The minimum atomic E-state index is -1.96. The number of esters is 1. The van der Waals surface area contributed by atoms with E-state index in [0.29, 0.717) is 22.4 Å². The van der Waals surface area contributed by atoms with E-state index in [2.05, 4.69) is 41.5 Å². The number of carbonyl (C=O) groups is 1. The van der Waals surface area contributed by atoms with Crippen LogP contribution in [0.2, 0.25) is 16.6 Å². The van der Waals surface area contributed by atoms with Crippen LogP contribution in [-0.4, -0.2) is 14.3 Å². The Morgan fingerprint density at radius 3 is 1.52 bits per heavy atom. The predicted octanol–water partition coefficient (Wildman–Crippen LogP) is 6.19. The maximum Gasteiger partial charge on any atom is 0.316 e. The Bertz CT molecular complexity index is 523. The van der Waals surface area contributed by atoms with E-state index in [9.17, 15) is 4.79 Å². The van der Waals surface area contributed by atoms with Crippen molar-refractivity contribution in [2.24, 2.45) is 5.41 Å². The molecule has 0 saturated heterocycles. The molecule has 0 radical (unpaired) electrons. The van der Waals surface area contributed by atoms with Crippen LogP contribution in [0.15, 0.2) is 24.3 Å². The molecule has 0 fully saturated rings. The topological polar surface area (TPSA) is 35.5 Å². The van der Waals surface area contributed by atoms with Crippen molar-refractivity contribution >= 4 is 14.3 Å². The summed E-state index contributed by atoms with van der Waals surface area (Å²) in [7, 11) is -1.96. The average Bonchev–Trinajstić information content (AvgIpc) is 2.44. The third-order valence-corrected chi connectivity index (χ3v) is 10.7. The van der Waals surface area contributed by atoms with Crippen LogP contribution in [-0.2, 0) is 24.3 Å². The monoisotopic (exact) mass is 414 g/mol. The van der Waals surface area contributed by atoms with Crippen molar-refractivity contribution in [1.29, 1.82) is 0 Å². The molecule has 5 heteroatoms. The van der Waals surface area contributed by atoms with Gasteiger partial charge in [0, 0.05) is 19.5 Å². The molecule has 1 rings (SSSR count). The van der Waals surface area contributed by atoms with Gasteiger partial charge < -0.3 is 9.16 Å². The van der Waals surface area contributed by atoms with Gasteiger partial charge in [0.25, 0.3) is 8.32 Å². The van der Waals surface area contributed by atoms with Crippen molar-refractivity contribution < 1.29 is 33.4 Å². The molecule has 0 N–H and O–H groups in total. The summed E-state index contributed by atoms with van der Waals surface area (Å²) in [6.45, 7) is 19.2. The van der Waals surface area contributed by atoms with Gasteiger partial charge in [-0.05, 0) is 61.7 Å². The molecule has 0 atom stereocenters. The van der Waals surface area contributed by atoms with Gasteiger partial charge in [-0.3, -0.25) is 4.79 Å². The zero-order valence-corrected chi connectivity index (χ0v) is 21.4. The number of carbonyl (C=O) groups excluding carboxylic acids is 1. The number of ether oxygens (including phenoxy) is 1. The fourth-order valence-electron chi connectivity index (χ4n) is 3.39. The van der Waals surface area contributed by atoms with E-state index >= 15 is 0 Å². The van der Waals surface area contributed by atoms with E-state index in [-0.39, 0.29) is 25.4 Å². The quantitative estimate of drug-likeness (QED) is 0.315. The fraction of sp³-hybridized carbons (Fsp3) is 0.650. The van der Waals surface area contributed by atoms with Gasteiger partial charge in [0.2, 0.25) is 0 Å². The van der Waals surface area contributed by atoms with Gasteiger partial charge in [0.15, 0.2) is 0 Å². The van der Waals surface area contributed by atoms with Crippen molar-refractivity contribution in [3.05, 3.63) is 24.3 Å². The smallest absolute Gasteiger partial charge is 0.316 e. The van der Waals surface area contributed by atoms with Gasteiger partial charge in [-0.15, -0.1) is 0 Å². The molecule has 0 spiro atoms. The maximum atomic E-state index is 12.0. The number of hydrogen-bond acceptors (Lipinski definition) is 3. The Kier molecular flexibility index (Phi) is 9.07. The van der Waals surface area contributed by atoms with Crippen molar-refractivity contribution in [2.45, 2.75) is 78.9 Å². The summed E-state index contributed by atoms with van der Waals surface area (Å²) >= 11 is 0. The van der Waals surface area contributed by atoms with Crippen LogP contribution in [0.3, 0.4) is 0 Å². The molecule has 0 aliphatic heterocycles. The van der Waals surface area contributed by atoms with E-state index in [1.807, 2.05) is 45.0 Å². The maximum absolute atomic E-state index is 12.0. The van der Waals surface area contributed by atoms with Crippen molar-refractivity contribution in [1.82, 2.24) is 0 Å². The Balaban J connectivity index is 0.00000576. The van der Waals surface area contributed by atoms with Crippen molar-refractivity contribution in [3.63, 3.8) is 0 Å². The molecule has 0 aliphatic rings. The summed E-state index contributed by atoms with van der Waals surface area (Å²) in [5, 5.41) is 0. The summed E-state index contributed by atoms with van der Waals surface area (Å²) < 4.78 is 12.0. The third-order valence-electron chi connectivity index (χ3n) is 4.65. The average molecular weight is 416 g/mol. The van der Waals surface area contributed by atoms with Crippen LogP contribution in [0.4, 0.5) is 0 Å². The summed E-state index contributed by atoms with van der Waals surface area (Å²) in [6.07, 6.45) is 0. The second-order valence-electron chi connectivity index (χ2n) is 8.53. The van der Waals surface area contributed by atoms with Crippen LogP contribution >= 0.6 is 0 Å². The van der Waals surface area contributed by atoms with Crippen LogP contribution in [0.5, 0.6) is 11.5 Å². The zero-order chi connectivity index (χ0) is 18.7. The first-order valence-corrected chi connectivity index (χ1v) is 11.1. The van der Waals surface area contributed by atoms with Crippen LogP contribution in [0, 0.1) is 5.41 Å². The van der Waals surface area contributed by atoms with E-state index in [1.54, 1.807) is 0 Å². The Morgan fingerprint density at radius 1 is 0.840 bits per heavy atom. The number of hydrogen-bond donors (Lipinski definition) is 0. The molecule has 0 aromatic heterocycles. The molecule has 138 valence electrons. The first-order chi connectivity index (χ1) is 10.9. The molecule has 0 heterocycles. The Hall–Kier alpha value is -0.670. The van der Waals surface area contributed by atoms with E-state index in [0.717, 1.165) is 5.75 Å². The zero-order valence-electron chi connectivity index (χ0n) is 17.5. The molecule has 0 amide bonds. The molecule has 0 unspecified atom stereocenters. The van der Waals surface area contributed by atoms with Gasteiger partial charge >= 0.3 is 5.97 Å². The second-order valence-corrected chi connectivity index (χ2v) is 13.9. The van der Waals surface area contributed by atoms with E-state index in [1.165, 1.54) is 0 Å². The molecular weight excluding hydrogens is 382 g/mol. The van der Waals surface area contributed by atoms with Crippen LogP contribution < -0.4 is 9.16 Å². The minimum Gasteiger partial charge on any atom is -0.543 e. The van der Waals surface area contributed by atoms with E-state index < -0.39 is 13.7 Å². The molecule has 1 aromatic rings. The van der Waals surface area contributed by atoms with Gasteiger partial charge in [-0.1, -0.05) is 41.5 Å². The number of rotatable bonds is 6. The van der Waals surface area contributed by atoms with Crippen LogP contribution in [0.1, 0.15) is 62.3 Å². The van der Waals surface area contributed by atoms with Gasteiger partial charge in [-0.2, -0.15) is 0 Å². The van der Waals surface area contributed by atoms with E-state index in [4.69, 9.17) is 9.16 Å². The molecule has 25 heavy (non-hydrogen) atoms. The molecular formula is C20H34O3SiZn. The normalized spacial score (nSPS) is 12.3. The molecule has 0 saturated carbocycles. The van der Waals surface area contributed by atoms with Crippen molar-refractivity contribution in [2.75, 3.05) is 0 Å².